The van der Waals surface area contributed by atoms with Gasteiger partial charge in [-0.05, 0) is 48.9 Å². The van der Waals surface area contributed by atoms with Crippen LogP contribution in [0.25, 0.3) is 0 Å². The highest BCUT2D eigenvalue weighted by Crippen LogP contribution is 2.28. The van der Waals surface area contributed by atoms with Crippen molar-refractivity contribution >= 4 is 15.9 Å². The molecule has 3 heteroatoms. The Bertz CT molecular complexity index is 485. The minimum absolute atomic E-state index is 0.613. The van der Waals surface area contributed by atoms with Crippen LogP contribution in [-0.4, -0.2) is 6.54 Å². The molecule has 2 aromatic carbocycles. The zero-order valence-electron chi connectivity index (χ0n) is 9.40. The number of hydrogen-bond acceptors (Lipinski definition) is 2. The van der Waals surface area contributed by atoms with Gasteiger partial charge in [-0.1, -0.05) is 34.1 Å². The van der Waals surface area contributed by atoms with E-state index in [9.17, 15) is 0 Å². The van der Waals surface area contributed by atoms with Crippen molar-refractivity contribution < 1.29 is 4.74 Å². The molecule has 2 rings (SSSR count). The molecule has 0 unspecified atom stereocenters. The second-order valence-electron chi connectivity index (χ2n) is 3.71. The lowest BCUT2D eigenvalue weighted by molar-refractivity contribution is 0.476. The van der Waals surface area contributed by atoms with Gasteiger partial charge in [-0.3, -0.25) is 0 Å². The fourth-order valence-electron chi connectivity index (χ4n) is 1.61. The van der Waals surface area contributed by atoms with Crippen molar-refractivity contribution in [1.29, 1.82) is 0 Å². The maximum atomic E-state index is 5.84. The molecule has 0 amide bonds. The molecule has 0 radical (unpaired) electrons. The van der Waals surface area contributed by atoms with Crippen LogP contribution in [0, 0.1) is 0 Å². The molecular formula is C14H14BrNO. The summed E-state index contributed by atoms with van der Waals surface area (Å²) in [6, 6.07) is 15.7. The third kappa shape index (κ3) is 3.32. The van der Waals surface area contributed by atoms with E-state index in [1.54, 1.807) is 0 Å². The standard InChI is InChI=1S/C14H14BrNO/c15-12-6-7-14(11(10-12)8-9-16)17-13-4-2-1-3-5-13/h1-7,10H,8-9,16H2. The van der Waals surface area contributed by atoms with E-state index < -0.39 is 0 Å². The first kappa shape index (κ1) is 12.1. The number of rotatable bonds is 4. The number of nitrogens with two attached hydrogens (primary N) is 1. The summed E-state index contributed by atoms with van der Waals surface area (Å²) < 4.78 is 6.88. The van der Waals surface area contributed by atoms with Crippen LogP contribution in [0.2, 0.25) is 0 Å². The van der Waals surface area contributed by atoms with Gasteiger partial charge in [0.1, 0.15) is 11.5 Å². The summed E-state index contributed by atoms with van der Waals surface area (Å²) >= 11 is 3.46. The molecule has 0 spiro atoms. The van der Waals surface area contributed by atoms with E-state index in [2.05, 4.69) is 15.9 Å². The van der Waals surface area contributed by atoms with Gasteiger partial charge in [0.15, 0.2) is 0 Å². The Morgan fingerprint density at radius 3 is 2.53 bits per heavy atom. The maximum Gasteiger partial charge on any atom is 0.130 e. The van der Waals surface area contributed by atoms with E-state index in [0.717, 1.165) is 28.0 Å². The molecule has 0 aromatic heterocycles. The molecular weight excluding hydrogens is 278 g/mol. The normalized spacial score (nSPS) is 10.2. The smallest absolute Gasteiger partial charge is 0.130 e. The molecule has 0 saturated heterocycles. The van der Waals surface area contributed by atoms with Crippen LogP contribution in [0.4, 0.5) is 0 Å². The number of hydrogen-bond donors (Lipinski definition) is 1. The zero-order valence-corrected chi connectivity index (χ0v) is 11.0. The Hall–Kier alpha value is -1.32. The summed E-state index contributed by atoms with van der Waals surface area (Å²) in [4.78, 5) is 0. The lowest BCUT2D eigenvalue weighted by atomic mass is 10.1. The predicted molar refractivity (Wildman–Crippen MR) is 73.4 cm³/mol. The third-order valence-electron chi connectivity index (χ3n) is 2.41. The monoisotopic (exact) mass is 291 g/mol. The molecule has 0 bridgehead atoms. The first-order valence-corrected chi connectivity index (χ1v) is 6.30. The van der Waals surface area contributed by atoms with Gasteiger partial charge in [0, 0.05) is 4.47 Å². The molecule has 2 aromatic rings. The number of para-hydroxylation sites is 1. The molecule has 2 nitrogen and oxygen atoms in total. The lowest BCUT2D eigenvalue weighted by Crippen LogP contribution is -2.04. The highest BCUT2D eigenvalue weighted by atomic mass is 79.9. The molecule has 88 valence electrons. The van der Waals surface area contributed by atoms with Gasteiger partial charge < -0.3 is 10.5 Å². The molecule has 0 aliphatic carbocycles. The van der Waals surface area contributed by atoms with Crippen molar-refractivity contribution in [3.63, 3.8) is 0 Å². The van der Waals surface area contributed by atoms with Gasteiger partial charge in [-0.15, -0.1) is 0 Å². The quantitative estimate of drug-likeness (QED) is 0.931. The average molecular weight is 292 g/mol. The second-order valence-corrected chi connectivity index (χ2v) is 4.62. The molecule has 17 heavy (non-hydrogen) atoms. The Kier molecular flexibility index (Phi) is 4.18. The fraction of sp³-hybridized carbons (Fsp3) is 0.143. The minimum Gasteiger partial charge on any atom is -0.457 e. The minimum atomic E-state index is 0.613. The van der Waals surface area contributed by atoms with Gasteiger partial charge in [-0.25, -0.2) is 0 Å². The largest absolute Gasteiger partial charge is 0.457 e. The van der Waals surface area contributed by atoms with Gasteiger partial charge in [0.2, 0.25) is 0 Å². The molecule has 2 N–H and O–H groups in total. The fourth-order valence-corrected chi connectivity index (χ4v) is 2.02. The highest BCUT2D eigenvalue weighted by molar-refractivity contribution is 9.10. The van der Waals surface area contributed by atoms with Gasteiger partial charge in [0.25, 0.3) is 0 Å². The number of ether oxygens (including phenoxy) is 1. The molecule has 0 fully saturated rings. The Labute approximate surface area is 110 Å². The van der Waals surface area contributed by atoms with Crippen LogP contribution in [0.5, 0.6) is 11.5 Å². The average Bonchev–Trinajstić information content (AvgIpc) is 2.34. The van der Waals surface area contributed by atoms with Crippen LogP contribution in [0.1, 0.15) is 5.56 Å². The van der Waals surface area contributed by atoms with Crippen LogP contribution in [0.3, 0.4) is 0 Å². The topological polar surface area (TPSA) is 35.2 Å². The number of halogens is 1. The molecule has 0 aliphatic rings. The van der Waals surface area contributed by atoms with Gasteiger partial charge in [-0.2, -0.15) is 0 Å². The first-order chi connectivity index (χ1) is 8.29. The van der Waals surface area contributed by atoms with Crippen molar-refractivity contribution in [1.82, 2.24) is 0 Å². The highest BCUT2D eigenvalue weighted by Gasteiger charge is 2.05. The molecule has 0 saturated carbocycles. The van der Waals surface area contributed by atoms with Crippen molar-refractivity contribution in [2.45, 2.75) is 6.42 Å². The van der Waals surface area contributed by atoms with Crippen molar-refractivity contribution in [3.8, 4) is 11.5 Å². The second kappa shape index (κ2) is 5.84. The van der Waals surface area contributed by atoms with Gasteiger partial charge in [0.05, 0.1) is 0 Å². The maximum absolute atomic E-state index is 5.84. The van der Waals surface area contributed by atoms with Crippen molar-refractivity contribution in [2.24, 2.45) is 5.73 Å². The summed E-state index contributed by atoms with van der Waals surface area (Å²) in [6.07, 6.45) is 0.807. The Morgan fingerprint density at radius 2 is 1.82 bits per heavy atom. The van der Waals surface area contributed by atoms with Crippen LogP contribution < -0.4 is 10.5 Å². The van der Waals surface area contributed by atoms with Crippen molar-refractivity contribution in [3.05, 3.63) is 58.6 Å². The molecule has 0 heterocycles. The molecule has 0 aliphatic heterocycles. The predicted octanol–water partition coefficient (Wildman–Crippen LogP) is 3.74. The first-order valence-electron chi connectivity index (χ1n) is 5.51. The number of benzene rings is 2. The Balaban J connectivity index is 2.26. The lowest BCUT2D eigenvalue weighted by Gasteiger charge is -2.11. The summed E-state index contributed by atoms with van der Waals surface area (Å²) in [6.45, 7) is 0.613. The SMILES string of the molecule is NCCc1cc(Br)ccc1Oc1ccccc1. The zero-order chi connectivity index (χ0) is 12.1. The third-order valence-corrected chi connectivity index (χ3v) is 2.90. The van der Waals surface area contributed by atoms with E-state index in [4.69, 9.17) is 10.5 Å². The van der Waals surface area contributed by atoms with E-state index in [1.807, 2.05) is 48.5 Å². The summed E-state index contributed by atoms with van der Waals surface area (Å²) in [7, 11) is 0. The van der Waals surface area contributed by atoms with Crippen LogP contribution in [0.15, 0.2) is 53.0 Å². The summed E-state index contributed by atoms with van der Waals surface area (Å²) in [5.41, 5.74) is 6.72. The van der Waals surface area contributed by atoms with E-state index in [0.29, 0.717) is 6.54 Å². The van der Waals surface area contributed by atoms with Gasteiger partial charge >= 0.3 is 0 Å². The Morgan fingerprint density at radius 1 is 1.06 bits per heavy atom. The summed E-state index contributed by atoms with van der Waals surface area (Å²) in [5, 5.41) is 0. The van der Waals surface area contributed by atoms with E-state index >= 15 is 0 Å². The van der Waals surface area contributed by atoms with E-state index in [1.165, 1.54) is 0 Å². The summed E-state index contributed by atoms with van der Waals surface area (Å²) in [5.74, 6) is 1.71. The van der Waals surface area contributed by atoms with E-state index in [-0.39, 0.29) is 0 Å². The van der Waals surface area contributed by atoms with Crippen LogP contribution >= 0.6 is 15.9 Å². The van der Waals surface area contributed by atoms with Crippen LogP contribution in [-0.2, 0) is 6.42 Å². The van der Waals surface area contributed by atoms with Crippen molar-refractivity contribution in [2.75, 3.05) is 6.54 Å². The molecule has 0 atom stereocenters.